The van der Waals surface area contributed by atoms with Crippen molar-refractivity contribution in [3.05, 3.63) is 75.9 Å². The molecule has 1 atom stereocenters. The normalized spacial score (nSPS) is 16.5. The van der Waals surface area contributed by atoms with Gasteiger partial charge in [-0.05, 0) is 19.4 Å². The topological polar surface area (TPSA) is 84.3 Å². The van der Waals surface area contributed by atoms with Gasteiger partial charge in [0.1, 0.15) is 0 Å². The van der Waals surface area contributed by atoms with Gasteiger partial charge in [0, 0.05) is 24.4 Å². The Balaban J connectivity index is 1.60. The van der Waals surface area contributed by atoms with Gasteiger partial charge in [0.2, 0.25) is 0 Å². The van der Waals surface area contributed by atoms with Crippen molar-refractivity contribution in [3.63, 3.8) is 0 Å². The highest BCUT2D eigenvalue weighted by Gasteiger charge is 2.15. The third-order valence-corrected chi connectivity index (χ3v) is 4.58. The van der Waals surface area contributed by atoms with E-state index in [-0.39, 0.29) is 11.7 Å². The van der Waals surface area contributed by atoms with E-state index in [1.54, 1.807) is 7.11 Å². The van der Waals surface area contributed by atoms with Crippen LogP contribution in [0.1, 0.15) is 17.7 Å². The number of nitrogens with zero attached hydrogens (tertiary/aromatic N) is 3. The van der Waals surface area contributed by atoms with Gasteiger partial charge in [-0.2, -0.15) is 9.50 Å². The molecule has 1 aliphatic rings. The van der Waals surface area contributed by atoms with Crippen molar-refractivity contribution in [2.75, 3.05) is 7.11 Å². The first-order chi connectivity index (χ1) is 13.1. The van der Waals surface area contributed by atoms with Gasteiger partial charge in [-0.25, -0.2) is 4.98 Å². The van der Waals surface area contributed by atoms with E-state index >= 15 is 0 Å². The lowest BCUT2D eigenvalue weighted by Gasteiger charge is -2.21. The van der Waals surface area contributed by atoms with E-state index < -0.39 is 0 Å². The molecule has 1 unspecified atom stereocenters. The summed E-state index contributed by atoms with van der Waals surface area (Å²) in [6.45, 7) is 2.46. The maximum atomic E-state index is 12.4. The number of aromatic amines is 1. The van der Waals surface area contributed by atoms with Crippen LogP contribution >= 0.6 is 0 Å². The van der Waals surface area contributed by atoms with Crippen molar-refractivity contribution in [2.45, 2.75) is 26.0 Å². The molecule has 4 rings (SSSR count). The molecule has 27 heavy (non-hydrogen) atoms. The molecule has 0 aliphatic heterocycles. The summed E-state index contributed by atoms with van der Waals surface area (Å²) >= 11 is 0. The number of hydrogen-bond acceptors (Lipinski definition) is 5. The predicted octanol–water partition coefficient (Wildman–Crippen LogP) is 2.34. The fourth-order valence-electron chi connectivity index (χ4n) is 3.06. The van der Waals surface area contributed by atoms with Crippen molar-refractivity contribution in [1.29, 1.82) is 0 Å². The zero-order valence-electron chi connectivity index (χ0n) is 15.3. The molecule has 1 aromatic carbocycles. The van der Waals surface area contributed by atoms with Crippen LogP contribution in [-0.4, -0.2) is 32.8 Å². The summed E-state index contributed by atoms with van der Waals surface area (Å²) in [7, 11) is 1.69. The maximum absolute atomic E-state index is 12.4. The van der Waals surface area contributed by atoms with Gasteiger partial charge in [-0.15, -0.1) is 0 Å². The largest absolute Gasteiger partial charge is 0.381 e. The van der Waals surface area contributed by atoms with Crippen LogP contribution in [-0.2, 0) is 11.3 Å². The summed E-state index contributed by atoms with van der Waals surface area (Å²) in [5, 5.41) is 6.33. The van der Waals surface area contributed by atoms with Crippen molar-refractivity contribution in [1.82, 2.24) is 24.9 Å². The second-order valence-electron chi connectivity index (χ2n) is 6.52. The smallest absolute Gasteiger partial charge is 0.274 e. The monoisotopic (exact) mass is 363 g/mol. The highest BCUT2D eigenvalue weighted by atomic mass is 16.5. The van der Waals surface area contributed by atoms with Gasteiger partial charge < -0.3 is 10.1 Å². The van der Waals surface area contributed by atoms with E-state index in [0.29, 0.717) is 23.8 Å². The van der Waals surface area contributed by atoms with E-state index in [1.165, 1.54) is 16.1 Å². The van der Waals surface area contributed by atoms with Crippen LogP contribution in [0.4, 0.5) is 0 Å². The molecule has 3 aromatic rings. The van der Waals surface area contributed by atoms with Crippen molar-refractivity contribution in [2.24, 2.45) is 0 Å². The number of aryl methyl sites for hydroxylation is 1. The van der Waals surface area contributed by atoms with Gasteiger partial charge in [0.15, 0.2) is 5.82 Å². The first-order valence-corrected chi connectivity index (χ1v) is 8.83. The van der Waals surface area contributed by atoms with Crippen LogP contribution in [0.15, 0.2) is 59.1 Å². The van der Waals surface area contributed by atoms with Crippen LogP contribution in [0.25, 0.3) is 17.2 Å². The molecule has 2 aromatic heterocycles. The van der Waals surface area contributed by atoms with Gasteiger partial charge in [0.05, 0.1) is 18.3 Å². The molecule has 0 radical (unpaired) electrons. The van der Waals surface area contributed by atoms with Gasteiger partial charge in [-0.1, -0.05) is 42.0 Å². The molecule has 1 aliphatic carbocycles. The van der Waals surface area contributed by atoms with Gasteiger partial charge in [-0.3, -0.25) is 9.89 Å². The molecule has 0 bridgehead atoms. The summed E-state index contributed by atoms with van der Waals surface area (Å²) in [4.78, 5) is 21.4. The number of hydrogen-bond donors (Lipinski definition) is 2. The third kappa shape index (κ3) is 3.54. The first kappa shape index (κ1) is 17.2. The average molecular weight is 363 g/mol. The number of ether oxygens (including phenoxy) is 1. The number of aromatic nitrogens is 4. The number of methoxy groups -OCH3 is 1. The lowest BCUT2D eigenvalue weighted by Crippen LogP contribution is -2.27. The number of H-pyrrole nitrogens is 1. The zero-order valence-corrected chi connectivity index (χ0v) is 15.3. The van der Waals surface area contributed by atoms with E-state index in [2.05, 4.69) is 26.5 Å². The van der Waals surface area contributed by atoms with E-state index in [0.717, 1.165) is 17.7 Å². The fourth-order valence-corrected chi connectivity index (χ4v) is 3.06. The highest BCUT2D eigenvalue weighted by Crippen LogP contribution is 2.16. The Kier molecular flexibility index (Phi) is 4.60. The Morgan fingerprint density at radius 3 is 2.89 bits per heavy atom. The molecule has 7 heteroatoms. The molecule has 7 nitrogen and oxygen atoms in total. The molecule has 2 N–H and O–H groups in total. The predicted molar refractivity (Wildman–Crippen MR) is 103 cm³/mol. The summed E-state index contributed by atoms with van der Waals surface area (Å²) in [5.41, 5.74) is 3.49. The SMILES string of the molecule is COC1CC=CC=C1NCc1cc(=O)n2[nH]c(-c3ccc(C)cc3)nc2n1. The molecule has 0 fully saturated rings. The average Bonchev–Trinajstić information content (AvgIpc) is 3.12. The summed E-state index contributed by atoms with van der Waals surface area (Å²) in [6, 6.07) is 9.46. The van der Waals surface area contributed by atoms with E-state index in [4.69, 9.17) is 4.74 Å². The molecule has 0 saturated carbocycles. The number of benzene rings is 1. The summed E-state index contributed by atoms with van der Waals surface area (Å²) in [5.74, 6) is 0.972. The summed E-state index contributed by atoms with van der Waals surface area (Å²) < 4.78 is 6.82. The fraction of sp³-hybridized carbons (Fsp3) is 0.250. The molecular weight excluding hydrogens is 342 g/mol. The van der Waals surface area contributed by atoms with E-state index in [9.17, 15) is 4.79 Å². The van der Waals surface area contributed by atoms with Crippen LogP contribution in [0, 0.1) is 6.92 Å². The first-order valence-electron chi connectivity index (χ1n) is 8.83. The van der Waals surface area contributed by atoms with Crippen molar-refractivity contribution >= 4 is 5.78 Å². The minimum absolute atomic E-state index is 0.00153. The molecule has 138 valence electrons. The molecule has 0 amide bonds. The summed E-state index contributed by atoms with van der Waals surface area (Å²) in [6.07, 6.45) is 6.85. The molecule has 0 saturated heterocycles. The second kappa shape index (κ2) is 7.20. The number of allylic oxidation sites excluding steroid dienone is 2. The highest BCUT2D eigenvalue weighted by molar-refractivity contribution is 5.57. The minimum atomic E-state index is -0.191. The van der Waals surface area contributed by atoms with Gasteiger partial charge in [0.25, 0.3) is 11.3 Å². The Morgan fingerprint density at radius 1 is 1.30 bits per heavy atom. The Bertz CT molecular complexity index is 1080. The molecular formula is C20H21N5O2. The van der Waals surface area contributed by atoms with Gasteiger partial charge >= 0.3 is 0 Å². The number of nitrogens with one attached hydrogen (secondary N) is 2. The van der Waals surface area contributed by atoms with Crippen molar-refractivity contribution < 1.29 is 4.74 Å². The van der Waals surface area contributed by atoms with Crippen LogP contribution in [0.3, 0.4) is 0 Å². The lowest BCUT2D eigenvalue weighted by molar-refractivity contribution is 0.126. The Morgan fingerprint density at radius 2 is 2.11 bits per heavy atom. The standard InChI is InChI=1S/C20H21N5O2/c1-13-7-9-14(10-8-13)19-23-20-22-15(11-18(26)25(20)24-19)12-21-16-5-3-4-6-17(16)27-2/h3-5,7-11,17,21H,6,12H2,1-2H3,(H,22,23,24). The zero-order chi connectivity index (χ0) is 18.8. The quantitative estimate of drug-likeness (QED) is 0.727. The molecule has 2 heterocycles. The van der Waals surface area contributed by atoms with E-state index in [1.807, 2.05) is 43.3 Å². The maximum Gasteiger partial charge on any atom is 0.274 e. The second-order valence-corrected chi connectivity index (χ2v) is 6.52. The Labute approximate surface area is 156 Å². The van der Waals surface area contributed by atoms with Crippen molar-refractivity contribution in [3.8, 4) is 11.4 Å². The Hall–Kier alpha value is -3.19. The number of rotatable bonds is 5. The van der Waals surface area contributed by atoms with Crippen LogP contribution < -0.4 is 10.9 Å². The van der Waals surface area contributed by atoms with Crippen LogP contribution in [0.2, 0.25) is 0 Å². The molecule has 0 spiro atoms. The third-order valence-electron chi connectivity index (χ3n) is 4.58. The number of fused-ring (bicyclic) bond motifs is 1. The lowest BCUT2D eigenvalue weighted by atomic mass is 10.1. The van der Waals surface area contributed by atoms with Crippen LogP contribution in [0.5, 0.6) is 0 Å². The minimum Gasteiger partial charge on any atom is -0.381 e.